The number of benzene rings is 1. The minimum atomic E-state index is 0.516. The highest BCUT2D eigenvalue weighted by atomic mass is 15.0. The van der Waals surface area contributed by atoms with E-state index in [-0.39, 0.29) is 0 Å². The number of aromatic nitrogens is 2. The summed E-state index contributed by atoms with van der Waals surface area (Å²) in [4.78, 5) is 7.96. The molecule has 0 spiro atoms. The van der Waals surface area contributed by atoms with Crippen LogP contribution in [0, 0.1) is 0 Å². The average Bonchev–Trinajstić information content (AvgIpc) is 2.42. The molecule has 1 unspecified atom stereocenters. The maximum atomic E-state index is 5.76. The van der Waals surface area contributed by atoms with Gasteiger partial charge in [-0.05, 0) is 17.9 Å². The third kappa shape index (κ3) is 3.20. The van der Waals surface area contributed by atoms with Crippen molar-refractivity contribution in [1.29, 1.82) is 0 Å². The topological polar surface area (TPSA) is 63.8 Å². The fraction of sp³-hybridized carbons (Fsp3) is 0.286. The zero-order chi connectivity index (χ0) is 12.8. The highest BCUT2D eigenvalue weighted by Crippen LogP contribution is 2.19. The van der Waals surface area contributed by atoms with E-state index >= 15 is 0 Å². The van der Waals surface area contributed by atoms with Crippen LogP contribution in [0.15, 0.2) is 42.9 Å². The molecule has 0 saturated carbocycles. The molecule has 0 aliphatic carbocycles. The van der Waals surface area contributed by atoms with E-state index in [1.807, 2.05) is 6.07 Å². The lowest BCUT2D eigenvalue weighted by Crippen LogP contribution is -2.09. The Morgan fingerprint density at radius 1 is 1.28 bits per heavy atom. The van der Waals surface area contributed by atoms with Gasteiger partial charge in [0, 0.05) is 6.54 Å². The van der Waals surface area contributed by atoms with E-state index < -0.39 is 0 Å². The third-order valence-corrected chi connectivity index (χ3v) is 2.98. The Balaban J connectivity index is 1.84. The predicted molar refractivity (Wildman–Crippen MR) is 74.4 cm³/mol. The first kappa shape index (κ1) is 12.4. The summed E-state index contributed by atoms with van der Waals surface area (Å²) in [6, 6.07) is 10.5. The molecule has 0 fully saturated rings. The molecule has 1 atom stereocenters. The van der Waals surface area contributed by atoms with Gasteiger partial charge in [0.25, 0.3) is 0 Å². The van der Waals surface area contributed by atoms with Crippen LogP contribution in [0.25, 0.3) is 0 Å². The van der Waals surface area contributed by atoms with Gasteiger partial charge in [-0.2, -0.15) is 0 Å². The third-order valence-electron chi connectivity index (χ3n) is 2.98. The van der Waals surface area contributed by atoms with Crippen LogP contribution in [-0.2, 0) is 0 Å². The maximum Gasteiger partial charge on any atom is 0.152 e. The number of rotatable bonds is 5. The zero-order valence-corrected chi connectivity index (χ0v) is 10.5. The molecular weight excluding hydrogens is 224 g/mol. The van der Waals surface area contributed by atoms with Crippen LogP contribution in [0.4, 0.5) is 11.5 Å². The van der Waals surface area contributed by atoms with E-state index in [2.05, 4.69) is 46.5 Å². The molecule has 2 rings (SSSR count). The summed E-state index contributed by atoms with van der Waals surface area (Å²) in [5, 5.41) is 3.24. The lowest BCUT2D eigenvalue weighted by molar-refractivity contribution is 0.705. The molecule has 0 saturated heterocycles. The normalized spacial score (nSPS) is 12.1. The lowest BCUT2D eigenvalue weighted by Gasteiger charge is -2.13. The average molecular weight is 242 g/mol. The monoisotopic (exact) mass is 242 g/mol. The van der Waals surface area contributed by atoms with Crippen LogP contribution in [-0.4, -0.2) is 16.5 Å². The lowest BCUT2D eigenvalue weighted by atomic mass is 9.98. The molecule has 0 aliphatic rings. The minimum absolute atomic E-state index is 0.516. The Morgan fingerprint density at radius 2 is 2.06 bits per heavy atom. The van der Waals surface area contributed by atoms with E-state index in [0.717, 1.165) is 13.0 Å². The number of nitrogen functional groups attached to an aromatic ring is 1. The summed E-state index contributed by atoms with van der Waals surface area (Å²) in [7, 11) is 0. The summed E-state index contributed by atoms with van der Waals surface area (Å²) < 4.78 is 0. The van der Waals surface area contributed by atoms with Crippen LogP contribution in [0.3, 0.4) is 0 Å². The number of nitrogens with zero attached hydrogens (tertiary/aromatic N) is 2. The smallest absolute Gasteiger partial charge is 0.152 e. The van der Waals surface area contributed by atoms with Crippen LogP contribution in [0.5, 0.6) is 0 Å². The molecule has 0 bridgehead atoms. The summed E-state index contributed by atoms with van der Waals surface area (Å²) >= 11 is 0. The molecule has 94 valence electrons. The standard InChI is InChI=1S/C14H18N4/c1-11(12-5-3-2-4-6-12)7-8-17-14-13(15)9-16-10-18-14/h2-6,9-11H,7-8,15H2,1H3,(H,16,17,18). The maximum absolute atomic E-state index is 5.76. The first-order chi connectivity index (χ1) is 8.77. The summed E-state index contributed by atoms with van der Waals surface area (Å²) in [5.41, 5.74) is 7.71. The molecule has 4 heteroatoms. The van der Waals surface area contributed by atoms with E-state index in [0.29, 0.717) is 17.4 Å². The number of nitrogens with two attached hydrogens (primary N) is 1. The molecular formula is C14H18N4. The summed E-state index contributed by atoms with van der Waals surface area (Å²) in [5.74, 6) is 1.23. The van der Waals surface area contributed by atoms with Gasteiger partial charge in [-0.3, -0.25) is 0 Å². The van der Waals surface area contributed by atoms with Crippen molar-refractivity contribution in [3.63, 3.8) is 0 Å². The second kappa shape index (κ2) is 6.00. The van der Waals surface area contributed by atoms with Crippen molar-refractivity contribution < 1.29 is 0 Å². The highest BCUT2D eigenvalue weighted by Gasteiger charge is 2.05. The zero-order valence-electron chi connectivity index (χ0n) is 10.5. The number of nitrogens with one attached hydrogen (secondary N) is 1. The van der Waals surface area contributed by atoms with E-state index in [9.17, 15) is 0 Å². The van der Waals surface area contributed by atoms with Crippen LogP contribution < -0.4 is 11.1 Å². The molecule has 1 aromatic carbocycles. The van der Waals surface area contributed by atoms with Gasteiger partial charge in [-0.25, -0.2) is 9.97 Å². The molecule has 4 nitrogen and oxygen atoms in total. The van der Waals surface area contributed by atoms with Crippen LogP contribution in [0.1, 0.15) is 24.8 Å². The fourth-order valence-electron chi connectivity index (χ4n) is 1.84. The first-order valence-electron chi connectivity index (χ1n) is 6.11. The second-order valence-corrected chi connectivity index (χ2v) is 4.35. The Hall–Kier alpha value is -2.10. The Labute approximate surface area is 107 Å². The van der Waals surface area contributed by atoms with Crippen molar-refractivity contribution in [3.8, 4) is 0 Å². The first-order valence-corrected chi connectivity index (χ1v) is 6.11. The van der Waals surface area contributed by atoms with E-state index in [1.165, 1.54) is 11.9 Å². The van der Waals surface area contributed by atoms with Crippen molar-refractivity contribution in [1.82, 2.24) is 9.97 Å². The molecule has 18 heavy (non-hydrogen) atoms. The van der Waals surface area contributed by atoms with Crippen molar-refractivity contribution in [2.45, 2.75) is 19.3 Å². The van der Waals surface area contributed by atoms with Crippen molar-refractivity contribution in [2.24, 2.45) is 0 Å². The second-order valence-electron chi connectivity index (χ2n) is 4.35. The van der Waals surface area contributed by atoms with Gasteiger partial charge >= 0.3 is 0 Å². The van der Waals surface area contributed by atoms with Gasteiger partial charge < -0.3 is 11.1 Å². The van der Waals surface area contributed by atoms with Crippen molar-refractivity contribution in [2.75, 3.05) is 17.6 Å². The van der Waals surface area contributed by atoms with E-state index in [4.69, 9.17) is 5.73 Å². The van der Waals surface area contributed by atoms with Crippen LogP contribution >= 0.6 is 0 Å². The molecule has 0 aliphatic heterocycles. The molecule has 1 heterocycles. The van der Waals surface area contributed by atoms with Gasteiger partial charge in [0.15, 0.2) is 5.82 Å². The van der Waals surface area contributed by atoms with Gasteiger partial charge in [-0.1, -0.05) is 37.3 Å². The SMILES string of the molecule is CC(CCNc1ncncc1N)c1ccccc1. The molecule has 1 aromatic heterocycles. The highest BCUT2D eigenvalue weighted by molar-refractivity contribution is 5.58. The van der Waals surface area contributed by atoms with Gasteiger partial charge in [0.1, 0.15) is 6.33 Å². The number of hydrogen-bond donors (Lipinski definition) is 2. The Morgan fingerprint density at radius 3 is 2.78 bits per heavy atom. The van der Waals surface area contributed by atoms with Crippen molar-refractivity contribution in [3.05, 3.63) is 48.4 Å². The Bertz CT molecular complexity index is 484. The largest absolute Gasteiger partial charge is 0.394 e. The molecule has 2 aromatic rings. The van der Waals surface area contributed by atoms with Gasteiger partial charge in [0.2, 0.25) is 0 Å². The minimum Gasteiger partial charge on any atom is -0.394 e. The van der Waals surface area contributed by atoms with Gasteiger partial charge in [0.05, 0.1) is 11.9 Å². The molecule has 0 radical (unpaired) electrons. The Kier molecular flexibility index (Phi) is 4.12. The van der Waals surface area contributed by atoms with E-state index in [1.54, 1.807) is 6.20 Å². The molecule has 0 amide bonds. The number of anilines is 2. The summed E-state index contributed by atoms with van der Waals surface area (Å²) in [6.07, 6.45) is 4.14. The molecule has 3 N–H and O–H groups in total. The van der Waals surface area contributed by atoms with Gasteiger partial charge in [-0.15, -0.1) is 0 Å². The summed E-state index contributed by atoms with van der Waals surface area (Å²) in [6.45, 7) is 3.07. The quantitative estimate of drug-likeness (QED) is 0.846. The number of hydrogen-bond acceptors (Lipinski definition) is 4. The predicted octanol–water partition coefficient (Wildman–Crippen LogP) is 2.66. The van der Waals surface area contributed by atoms with Crippen molar-refractivity contribution >= 4 is 11.5 Å². The fourth-order valence-corrected chi connectivity index (χ4v) is 1.84. The van der Waals surface area contributed by atoms with Crippen LogP contribution in [0.2, 0.25) is 0 Å².